The third-order valence-electron chi connectivity index (χ3n) is 2.93. The van der Waals surface area contributed by atoms with Crippen LogP contribution in [0.4, 0.5) is 0 Å². The van der Waals surface area contributed by atoms with Gasteiger partial charge in [0, 0.05) is 24.9 Å². The molecule has 0 bridgehead atoms. The van der Waals surface area contributed by atoms with Gasteiger partial charge < -0.3 is 14.8 Å². The van der Waals surface area contributed by atoms with Crippen LogP contribution in [0.15, 0.2) is 12.4 Å². The zero-order valence-electron chi connectivity index (χ0n) is 9.64. The Morgan fingerprint density at radius 2 is 2.31 bits per heavy atom. The van der Waals surface area contributed by atoms with E-state index in [0.29, 0.717) is 11.8 Å². The number of hydrogen-bond donors (Lipinski definition) is 1. The van der Waals surface area contributed by atoms with Crippen molar-refractivity contribution in [3.63, 3.8) is 0 Å². The number of nitrogens with one attached hydrogen (secondary N) is 1. The molecule has 1 aromatic rings. The lowest BCUT2D eigenvalue weighted by Gasteiger charge is -2.22. The van der Waals surface area contributed by atoms with Crippen molar-refractivity contribution in [2.45, 2.75) is 12.5 Å². The van der Waals surface area contributed by atoms with E-state index >= 15 is 0 Å². The number of rotatable bonds is 4. The summed E-state index contributed by atoms with van der Waals surface area (Å²) in [6, 6.07) is 0.145. The second-order valence-corrected chi connectivity index (χ2v) is 3.84. The van der Waals surface area contributed by atoms with Crippen molar-refractivity contribution < 1.29 is 9.47 Å². The van der Waals surface area contributed by atoms with Gasteiger partial charge in [-0.1, -0.05) is 0 Å². The summed E-state index contributed by atoms with van der Waals surface area (Å²) in [5, 5.41) is 3.27. The summed E-state index contributed by atoms with van der Waals surface area (Å²) in [7, 11) is 3.54. The molecule has 0 radical (unpaired) electrons. The lowest BCUT2D eigenvalue weighted by molar-refractivity contribution is 0.176. The first-order chi connectivity index (χ1) is 7.86. The van der Waals surface area contributed by atoms with Crippen LogP contribution in [0.1, 0.15) is 18.2 Å². The maximum Gasteiger partial charge on any atom is 0.237 e. The van der Waals surface area contributed by atoms with Crippen LogP contribution in [0.25, 0.3) is 0 Å². The first kappa shape index (κ1) is 11.3. The third kappa shape index (κ3) is 2.15. The highest BCUT2D eigenvalue weighted by Gasteiger charge is 2.29. The molecule has 1 aromatic heterocycles. The van der Waals surface area contributed by atoms with Crippen molar-refractivity contribution in [2.75, 3.05) is 27.4 Å². The van der Waals surface area contributed by atoms with E-state index in [9.17, 15) is 0 Å². The number of ether oxygens (including phenoxy) is 2. The van der Waals surface area contributed by atoms with E-state index in [4.69, 9.17) is 9.47 Å². The van der Waals surface area contributed by atoms with Crippen molar-refractivity contribution in [1.82, 2.24) is 15.3 Å². The Labute approximate surface area is 95.2 Å². The molecule has 2 unspecified atom stereocenters. The van der Waals surface area contributed by atoms with Crippen molar-refractivity contribution >= 4 is 0 Å². The van der Waals surface area contributed by atoms with Crippen LogP contribution in [0.3, 0.4) is 0 Å². The van der Waals surface area contributed by atoms with Gasteiger partial charge in [0.15, 0.2) is 0 Å². The van der Waals surface area contributed by atoms with E-state index in [2.05, 4.69) is 15.3 Å². The Hall–Kier alpha value is -1.20. The lowest BCUT2D eigenvalue weighted by atomic mass is 9.96. The van der Waals surface area contributed by atoms with Crippen molar-refractivity contribution in [3.05, 3.63) is 18.1 Å². The Bertz CT molecular complexity index is 340. The fraction of sp³-hybridized carbons (Fsp3) is 0.636. The van der Waals surface area contributed by atoms with Crippen molar-refractivity contribution in [2.24, 2.45) is 5.92 Å². The van der Waals surface area contributed by atoms with Crippen LogP contribution < -0.4 is 10.1 Å². The van der Waals surface area contributed by atoms with Crippen LogP contribution in [-0.2, 0) is 4.74 Å². The van der Waals surface area contributed by atoms with Gasteiger partial charge in [-0.05, 0) is 13.5 Å². The fourth-order valence-electron chi connectivity index (χ4n) is 2.12. The first-order valence-electron chi connectivity index (χ1n) is 5.46. The topological polar surface area (TPSA) is 56.3 Å². The largest absolute Gasteiger partial charge is 0.480 e. The summed E-state index contributed by atoms with van der Waals surface area (Å²) >= 11 is 0. The molecule has 0 amide bonds. The second kappa shape index (κ2) is 5.23. The minimum Gasteiger partial charge on any atom is -0.480 e. The minimum atomic E-state index is 0.145. The number of methoxy groups -OCH3 is 1. The summed E-state index contributed by atoms with van der Waals surface area (Å²) in [6.45, 7) is 1.59. The van der Waals surface area contributed by atoms with Gasteiger partial charge >= 0.3 is 0 Å². The molecule has 88 valence electrons. The number of aromatic nitrogens is 2. The predicted molar refractivity (Wildman–Crippen MR) is 59.3 cm³/mol. The van der Waals surface area contributed by atoms with E-state index in [-0.39, 0.29) is 6.04 Å². The van der Waals surface area contributed by atoms with E-state index in [0.717, 1.165) is 25.3 Å². The van der Waals surface area contributed by atoms with Gasteiger partial charge in [-0.3, -0.25) is 4.98 Å². The van der Waals surface area contributed by atoms with Gasteiger partial charge in [-0.2, -0.15) is 0 Å². The second-order valence-electron chi connectivity index (χ2n) is 3.84. The molecule has 0 spiro atoms. The fourth-order valence-corrected chi connectivity index (χ4v) is 2.12. The van der Waals surface area contributed by atoms with Crippen LogP contribution in [0.5, 0.6) is 5.88 Å². The Morgan fingerprint density at radius 1 is 1.50 bits per heavy atom. The molecule has 16 heavy (non-hydrogen) atoms. The molecule has 2 heterocycles. The molecular formula is C11H17N3O2. The normalized spacial score (nSPS) is 22.0. The average molecular weight is 223 g/mol. The van der Waals surface area contributed by atoms with Crippen molar-refractivity contribution in [1.29, 1.82) is 0 Å². The standard InChI is InChI=1S/C11H17N3O2/c1-12-9(8-3-6-16-7-8)10-11(15-2)14-5-4-13-10/h4-5,8-9,12H,3,6-7H2,1-2H3. The molecule has 1 aliphatic rings. The summed E-state index contributed by atoms with van der Waals surface area (Å²) < 4.78 is 10.6. The Morgan fingerprint density at radius 3 is 2.94 bits per heavy atom. The maximum atomic E-state index is 5.41. The monoisotopic (exact) mass is 223 g/mol. The van der Waals surface area contributed by atoms with Crippen LogP contribution in [-0.4, -0.2) is 37.3 Å². The zero-order valence-corrected chi connectivity index (χ0v) is 9.64. The van der Waals surface area contributed by atoms with Crippen molar-refractivity contribution in [3.8, 4) is 5.88 Å². The molecule has 1 aliphatic heterocycles. The van der Waals surface area contributed by atoms with E-state index in [1.54, 1.807) is 19.5 Å². The van der Waals surface area contributed by atoms with Gasteiger partial charge in [0.05, 0.1) is 19.8 Å². The molecule has 1 N–H and O–H groups in total. The average Bonchev–Trinajstić information content (AvgIpc) is 2.84. The van der Waals surface area contributed by atoms with Crippen LogP contribution in [0, 0.1) is 5.92 Å². The Kier molecular flexibility index (Phi) is 3.69. The van der Waals surface area contributed by atoms with E-state index < -0.39 is 0 Å². The van der Waals surface area contributed by atoms with Gasteiger partial charge in [-0.25, -0.2) is 4.98 Å². The minimum absolute atomic E-state index is 0.145. The summed E-state index contributed by atoms with van der Waals surface area (Å²) in [4.78, 5) is 8.53. The van der Waals surface area contributed by atoms with Gasteiger partial charge in [0.25, 0.3) is 0 Å². The SMILES string of the molecule is CNC(c1nccnc1OC)C1CCOC1. The smallest absolute Gasteiger partial charge is 0.237 e. The third-order valence-corrected chi connectivity index (χ3v) is 2.93. The molecule has 2 atom stereocenters. The summed E-state index contributed by atoms with van der Waals surface area (Å²) in [5.74, 6) is 1.03. The maximum absolute atomic E-state index is 5.41. The highest BCUT2D eigenvalue weighted by atomic mass is 16.5. The van der Waals surface area contributed by atoms with Gasteiger partial charge in [-0.15, -0.1) is 0 Å². The molecule has 0 aromatic carbocycles. The van der Waals surface area contributed by atoms with Gasteiger partial charge in [0.1, 0.15) is 5.69 Å². The molecule has 0 aliphatic carbocycles. The summed E-state index contributed by atoms with van der Waals surface area (Å²) in [5.41, 5.74) is 0.864. The Balaban J connectivity index is 2.24. The first-order valence-corrected chi connectivity index (χ1v) is 5.46. The molecule has 5 heteroatoms. The molecule has 0 saturated carbocycles. The number of hydrogen-bond acceptors (Lipinski definition) is 5. The van der Waals surface area contributed by atoms with Gasteiger partial charge in [0.2, 0.25) is 5.88 Å². The molecule has 1 fully saturated rings. The van der Waals surface area contributed by atoms with Crippen LogP contribution in [0.2, 0.25) is 0 Å². The molecule has 2 rings (SSSR count). The zero-order chi connectivity index (χ0) is 11.4. The molecular weight excluding hydrogens is 206 g/mol. The highest BCUT2D eigenvalue weighted by Crippen LogP contribution is 2.30. The quantitative estimate of drug-likeness (QED) is 0.817. The highest BCUT2D eigenvalue weighted by molar-refractivity contribution is 5.22. The number of nitrogens with zero attached hydrogens (tertiary/aromatic N) is 2. The van der Waals surface area contributed by atoms with E-state index in [1.165, 1.54) is 0 Å². The van der Waals surface area contributed by atoms with Crippen LogP contribution >= 0.6 is 0 Å². The predicted octanol–water partition coefficient (Wildman–Crippen LogP) is 0.782. The lowest BCUT2D eigenvalue weighted by Crippen LogP contribution is -2.27. The van der Waals surface area contributed by atoms with E-state index in [1.807, 2.05) is 7.05 Å². The molecule has 5 nitrogen and oxygen atoms in total. The summed E-state index contributed by atoms with van der Waals surface area (Å²) in [6.07, 6.45) is 4.38. The molecule has 1 saturated heterocycles.